The normalized spacial score (nSPS) is 10.0. The van der Waals surface area contributed by atoms with Crippen molar-refractivity contribution in [1.29, 1.82) is 5.41 Å². The van der Waals surface area contributed by atoms with Crippen LogP contribution in [0.4, 0.5) is 5.69 Å². The first-order valence-electron chi connectivity index (χ1n) is 4.97. The zero-order chi connectivity index (χ0) is 12.1. The van der Waals surface area contributed by atoms with E-state index in [-0.39, 0.29) is 12.0 Å². The topological polar surface area (TPSA) is 75.1 Å². The van der Waals surface area contributed by atoms with E-state index < -0.39 is 0 Å². The van der Waals surface area contributed by atoms with E-state index in [4.69, 9.17) is 10.1 Å². The number of aromatic nitrogens is 1. The smallest absolute Gasteiger partial charge is 0.221 e. The highest BCUT2D eigenvalue weighted by Gasteiger charge is 2.06. The van der Waals surface area contributed by atoms with Crippen molar-refractivity contribution in [2.24, 2.45) is 0 Å². The maximum atomic E-state index is 10.9. The minimum Gasteiger partial charge on any atom is -0.475 e. The predicted octanol–water partition coefficient (Wildman–Crippen LogP) is 1.82. The van der Waals surface area contributed by atoms with Gasteiger partial charge in [0.25, 0.3) is 0 Å². The summed E-state index contributed by atoms with van der Waals surface area (Å²) in [6.45, 7) is 5.20. The zero-order valence-electron chi connectivity index (χ0n) is 9.57. The summed E-state index contributed by atoms with van der Waals surface area (Å²) in [6, 6.07) is 1.62. The third-order valence-corrected chi connectivity index (χ3v) is 1.73. The van der Waals surface area contributed by atoms with Gasteiger partial charge in [0, 0.05) is 24.8 Å². The number of amides is 1. The fraction of sp³-hybridized carbons (Fsp3) is 0.364. The Kier molecular flexibility index (Phi) is 3.99. The fourth-order valence-electron chi connectivity index (χ4n) is 1.17. The molecule has 1 aromatic heterocycles. The average Bonchev–Trinajstić information content (AvgIpc) is 2.18. The van der Waals surface area contributed by atoms with Gasteiger partial charge in [-0.05, 0) is 13.8 Å². The second-order valence-corrected chi connectivity index (χ2v) is 3.60. The van der Waals surface area contributed by atoms with Gasteiger partial charge in [0.1, 0.15) is 0 Å². The molecule has 0 radical (unpaired) electrons. The summed E-state index contributed by atoms with van der Waals surface area (Å²) in [5.74, 6) is 0.255. The van der Waals surface area contributed by atoms with Crippen LogP contribution in [0.2, 0.25) is 0 Å². The second-order valence-electron chi connectivity index (χ2n) is 3.60. The van der Waals surface area contributed by atoms with E-state index in [0.29, 0.717) is 17.1 Å². The van der Waals surface area contributed by atoms with Gasteiger partial charge in [-0.15, -0.1) is 0 Å². The van der Waals surface area contributed by atoms with Crippen LogP contribution in [0.25, 0.3) is 0 Å². The number of ether oxygens (including phenoxy) is 1. The number of anilines is 1. The van der Waals surface area contributed by atoms with Crippen molar-refractivity contribution in [1.82, 2.24) is 4.98 Å². The van der Waals surface area contributed by atoms with E-state index >= 15 is 0 Å². The van der Waals surface area contributed by atoms with Crippen LogP contribution in [0.1, 0.15) is 26.3 Å². The van der Waals surface area contributed by atoms with Gasteiger partial charge in [-0.2, -0.15) is 0 Å². The van der Waals surface area contributed by atoms with Crippen LogP contribution < -0.4 is 10.1 Å². The molecule has 1 heterocycles. The van der Waals surface area contributed by atoms with Crippen molar-refractivity contribution in [2.75, 3.05) is 5.32 Å². The summed E-state index contributed by atoms with van der Waals surface area (Å²) in [4.78, 5) is 14.9. The molecule has 86 valence electrons. The highest BCUT2D eigenvalue weighted by atomic mass is 16.5. The minimum absolute atomic E-state index is 0.0256. The summed E-state index contributed by atoms with van der Waals surface area (Å²) < 4.78 is 5.39. The lowest BCUT2D eigenvalue weighted by molar-refractivity contribution is -0.114. The minimum atomic E-state index is -0.192. The van der Waals surface area contributed by atoms with Gasteiger partial charge in [0.2, 0.25) is 11.8 Å². The van der Waals surface area contributed by atoms with E-state index in [1.807, 2.05) is 13.8 Å². The van der Waals surface area contributed by atoms with E-state index in [1.165, 1.54) is 13.1 Å². The number of carbonyl (C=O) groups is 1. The van der Waals surface area contributed by atoms with Crippen molar-refractivity contribution >= 4 is 17.8 Å². The van der Waals surface area contributed by atoms with E-state index in [1.54, 1.807) is 6.07 Å². The molecule has 2 N–H and O–H groups in total. The SMILES string of the molecule is CC(=O)Nc1cnc(OC(C)C)cc1C=N. The third kappa shape index (κ3) is 3.34. The molecule has 0 aliphatic heterocycles. The highest BCUT2D eigenvalue weighted by molar-refractivity contribution is 5.95. The summed E-state index contributed by atoms with van der Waals surface area (Å²) in [7, 11) is 0. The number of nitrogens with zero attached hydrogens (tertiary/aromatic N) is 1. The Bertz CT molecular complexity index is 402. The Morgan fingerprint density at radius 3 is 2.81 bits per heavy atom. The largest absolute Gasteiger partial charge is 0.475 e. The van der Waals surface area contributed by atoms with Crippen LogP contribution in [-0.2, 0) is 4.79 Å². The van der Waals surface area contributed by atoms with Crippen molar-refractivity contribution in [2.45, 2.75) is 26.9 Å². The molecule has 0 spiro atoms. The van der Waals surface area contributed by atoms with Gasteiger partial charge in [0.05, 0.1) is 18.0 Å². The molecular weight excluding hydrogens is 206 g/mol. The van der Waals surface area contributed by atoms with E-state index in [9.17, 15) is 4.79 Å². The number of nitrogens with one attached hydrogen (secondary N) is 2. The number of hydrogen-bond acceptors (Lipinski definition) is 4. The van der Waals surface area contributed by atoms with Gasteiger partial charge < -0.3 is 15.5 Å². The first-order valence-corrected chi connectivity index (χ1v) is 4.97. The number of hydrogen-bond donors (Lipinski definition) is 2. The van der Waals surface area contributed by atoms with Crippen LogP contribution in [0.5, 0.6) is 5.88 Å². The molecule has 5 nitrogen and oxygen atoms in total. The average molecular weight is 221 g/mol. The summed E-state index contributed by atoms with van der Waals surface area (Å²) >= 11 is 0. The summed E-state index contributed by atoms with van der Waals surface area (Å²) in [5, 5.41) is 9.84. The van der Waals surface area contributed by atoms with Gasteiger partial charge in [-0.3, -0.25) is 4.79 Å². The molecule has 1 rings (SSSR count). The van der Waals surface area contributed by atoms with Crippen LogP contribution in [0.3, 0.4) is 0 Å². The molecule has 0 atom stereocenters. The number of carbonyl (C=O) groups excluding carboxylic acids is 1. The van der Waals surface area contributed by atoms with Crippen LogP contribution >= 0.6 is 0 Å². The Hall–Kier alpha value is -1.91. The molecule has 0 fully saturated rings. The predicted molar refractivity (Wildman–Crippen MR) is 62.2 cm³/mol. The molecule has 0 aliphatic rings. The van der Waals surface area contributed by atoms with E-state index in [2.05, 4.69) is 10.3 Å². The van der Waals surface area contributed by atoms with Crippen LogP contribution in [0.15, 0.2) is 12.3 Å². The molecule has 0 unspecified atom stereocenters. The third-order valence-electron chi connectivity index (χ3n) is 1.73. The molecule has 0 saturated heterocycles. The Morgan fingerprint density at radius 1 is 1.62 bits per heavy atom. The summed E-state index contributed by atoms with van der Waals surface area (Å²) in [5.41, 5.74) is 1.08. The van der Waals surface area contributed by atoms with Crippen molar-refractivity contribution in [3.05, 3.63) is 17.8 Å². The Labute approximate surface area is 94.4 Å². The first-order chi connectivity index (χ1) is 7.52. The summed E-state index contributed by atoms with van der Waals surface area (Å²) in [6.07, 6.45) is 2.66. The Balaban J connectivity index is 2.97. The molecule has 0 bridgehead atoms. The Morgan fingerprint density at radius 2 is 2.31 bits per heavy atom. The van der Waals surface area contributed by atoms with Crippen molar-refractivity contribution < 1.29 is 9.53 Å². The zero-order valence-corrected chi connectivity index (χ0v) is 9.57. The fourth-order valence-corrected chi connectivity index (χ4v) is 1.17. The number of pyridine rings is 1. The molecule has 5 heteroatoms. The molecular formula is C11H15N3O2. The first kappa shape index (κ1) is 12.2. The molecule has 0 aliphatic carbocycles. The molecule has 16 heavy (non-hydrogen) atoms. The number of rotatable bonds is 4. The molecule has 1 amide bonds. The van der Waals surface area contributed by atoms with Gasteiger partial charge >= 0.3 is 0 Å². The van der Waals surface area contributed by atoms with Crippen LogP contribution in [0, 0.1) is 5.41 Å². The van der Waals surface area contributed by atoms with Gasteiger partial charge in [-0.25, -0.2) is 4.98 Å². The molecule has 0 aromatic carbocycles. The van der Waals surface area contributed by atoms with Crippen molar-refractivity contribution in [3.63, 3.8) is 0 Å². The maximum absolute atomic E-state index is 10.9. The quantitative estimate of drug-likeness (QED) is 0.761. The van der Waals surface area contributed by atoms with Gasteiger partial charge in [-0.1, -0.05) is 0 Å². The van der Waals surface area contributed by atoms with Crippen molar-refractivity contribution in [3.8, 4) is 5.88 Å². The lowest BCUT2D eigenvalue weighted by Gasteiger charge is -2.11. The van der Waals surface area contributed by atoms with Crippen LogP contribution in [-0.4, -0.2) is 23.2 Å². The lowest BCUT2D eigenvalue weighted by atomic mass is 10.2. The lowest BCUT2D eigenvalue weighted by Crippen LogP contribution is -2.11. The van der Waals surface area contributed by atoms with E-state index in [0.717, 1.165) is 6.21 Å². The second kappa shape index (κ2) is 5.25. The standard InChI is InChI=1S/C11H15N3O2/c1-7(2)16-11-4-9(5-12)10(6-13-11)14-8(3)15/h4-7,12H,1-3H3,(H,14,15). The monoisotopic (exact) mass is 221 g/mol. The van der Waals surface area contributed by atoms with Gasteiger partial charge in [0.15, 0.2) is 0 Å². The maximum Gasteiger partial charge on any atom is 0.221 e. The molecule has 0 saturated carbocycles. The molecule has 1 aromatic rings. The highest BCUT2D eigenvalue weighted by Crippen LogP contribution is 2.18.